The van der Waals surface area contributed by atoms with E-state index in [0.29, 0.717) is 11.3 Å². The largest absolute Gasteiger partial charge is 0.429 e. The minimum atomic E-state index is 0.0535. The highest BCUT2D eigenvalue weighted by Gasteiger charge is 2.26. The van der Waals surface area contributed by atoms with Crippen LogP contribution in [0.1, 0.15) is 15.9 Å². The zero-order chi connectivity index (χ0) is 11.1. The van der Waals surface area contributed by atoms with E-state index in [4.69, 9.17) is 4.18 Å². The Bertz CT molecular complexity index is 590. The standard InChI is InChI=1S/C13H8O2S/c14-13-11-4-2-1-3-9(11)10-6-5-8(15-16)7-12(10)13/h1-7,16H. The molecule has 0 heterocycles. The molecule has 0 saturated heterocycles. The van der Waals surface area contributed by atoms with Crippen LogP contribution in [0.3, 0.4) is 0 Å². The Hall–Kier alpha value is -1.74. The second-order valence-electron chi connectivity index (χ2n) is 3.67. The van der Waals surface area contributed by atoms with Gasteiger partial charge in [-0.05, 0) is 29.3 Å². The van der Waals surface area contributed by atoms with Crippen molar-refractivity contribution in [3.63, 3.8) is 0 Å². The lowest BCUT2D eigenvalue weighted by molar-refractivity contribution is 0.104. The summed E-state index contributed by atoms with van der Waals surface area (Å²) in [7, 11) is 0. The van der Waals surface area contributed by atoms with E-state index < -0.39 is 0 Å². The lowest BCUT2D eigenvalue weighted by Gasteiger charge is -2.01. The summed E-state index contributed by atoms with van der Waals surface area (Å²) in [6.45, 7) is 0. The maximum atomic E-state index is 12.1. The van der Waals surface area contributed by atoms with E-state index in [9.17, 15) is 4.79 Å². The zero-order valence-electron chi connectivity index (χ0n) is 8.31. The third-order valence-corrected chi connectivity index (χ3v) is 3.01. The van der Waals surface area contributed by atoms with Gasteiger partial charge in [-0.2, -0.15) is 0 Å². The summed E-state index contributed by atoms with van der Waals surface area (Å²) in [5.41, 5.74) is 3.41. The number of thiol groups is 1. The molecule has 0 radical (unpaired) electrons. The number of carbonyl (C=O) groups is 1. The van der Waals surface area contributed by atoms with Gasteiger partial charge in [0.1, 0.15) is 5.75 Å². The van der Waals surface area contributed by atoms with Gasteiger partial charge in [-0.25, -0.2) is 0 Å². The van der Waals surface area contributed by atoms with Crippen LogP contribution in [0.25, 0.3) is 11.1 Å². The van der Waals surface area contributed by atoms with Crippen molar-refractivity contribution in [2.24, 2.45) is 0 Å². The van der Waals surface area contributed by atoms with Crippen LogP contribution in [-0.4, -0.2) is 5.78 Å². The Kier molecular flexibility index (Phi) is 2.01. The summed E-state index contributed by atoms with van der Waals surface area (Å²) in [4.78, 5) is 12.1. The highest BCUT2D eigenvalue weighted by atomic mass is 32.1. The SMILES string of the molecule is O=C1c2ccccc2-c2ccc(OS)cc21. The molecule has 0 saturated carbocycles. The van der Waals surface area contributed by atoms with Gasteiger partial charge in [-0.1, -0.05) is 24.3 Å². The maximum Gasteiger partial charge on any atom is 0.194 e. The summed E-state index contributed by atoms with van der Waals surface area (Å²) in [6, 6.07) is 13.0. The molecule has 0 amide bonds. The molecule has 0 bridgehead atoms. The molecule has 2 aromatic rings. The Morgan fingerprint density at radius 3 is 2.31 bits per heavy atom. The molecule has 0 spiro atoms. The van der Waals surface area contributed by atoms with Gasteiger partial charge in [0.05, 0.1) is 0 Å². The molecule has 3 heteroatoms. The van der Waals surface area contributed by atoms with E-state index in [2.05, 4.69) is 12.9 Å². The summed E-state index contributed by atoms with van der Waals surface area (Å²) >= 11 is 3.73. The Labute approximate surface area is 98.5 Å². The summed E-state index contributed by atoms with van der Waals surface area (Å²) in [5, 5.41) is 0. The molecule has 2 nitrogen and oxygen atoms in total. The molecule has 2 aromatic carbocycles. The van der Waals surface area contributed by atoms with Crippen molar-refractivity contribution < 1.29 is 8.98 Å². The number of benzene rings is 2. The van der Waals surface area contributed by atoms with Crippen LogP contribution in [-0.2, 0) is 0 Å². The molecule has 0 aliphatic heterocycles. The molecule has 1 aliphatic carbocycles. The third kappa shape index (κ3) is 1.18. The average molecular weight is 228 g/mol. The molecule has 0 unspecified atom stereocenters. The van der Waals surface area contributed by atoms with Crippen LogP contribution < -0.4 is 4.18 Å². The number of hydrogen-bond acceptors (Lipinski definition) is 3. The van der Waals surface area contributed by atoms with E-state index in [1.54, 1.807) is 12.1 Å². The first-order chi connectivity index (χ1) is 7.81. The Morgan fingerprint density at radius 2 is 1.56 bits per heavy atom. The smallest absolute Gasteiger partial charge is 0.194 e. The molecule has 0 fully saturated rings. The van der Waals surface area contributed by atoms with Crippen LogP contribution in [0.5, 0.6) is 5.75 Å². The fourth-order valence-electron chi connectivity index (χ4n) is 2.06. The van der Waals surface area contributed by atoms with Gasteiger partial charge in [0, 0.05) is 24.0 Å². The predicted octanol–water partition coefficient (Wildman–Crippen LogP) is 3.12. The minimum absolute atomic E-state index is 0.0535. The lowest BCUT2D eigenvalue weighted by Crippen LogP contribution is -1.94. The summed E-state index contributed by atoms with van der Waals surface area (Å²) in [5.74, 6) is 0.640. The fraction of sp³-hybridized carbons (Fsp3) is 0. The number of rotatable bonds is 1. The first-order valence-electron chi connectivity index (χ1n) is 4.91. The van der Waals surface area contributed by atoms with Crippen LogP contribution in [0, 0.1) is 0 Å². The van der Waals surface area contributed by atoms with E-state index in [-0.39, 0.29) is 5.78 Å². The van der Waals surface area contributed by atoms with Gasteiger partial charge >= 0.3 is 0 Å². The summed E-state index contributed by atoms with van der Waals surface area (Å²) < 4.78 is 4.83. The maximum absolute atomic E-state index is 12.1. The van der Waals surface area contributed by atoms with E-state index >= 15 is 0 Å². The zero-order valence-corrected chi connectivity index (χ0v) is 9.20. The monoisotopic (exact) mass is 228 g/mol. The van der Waals surface area contributed by atoms with Gasteiger partial charge < -0.3 is 4.18 Å². The van der Waals surface area contributed by atoms with Crippen molar-refractivity contribution in [3.8, 4) is 16.9 Å². The highest BCUT2D eigenvalue weighted by Crippen LogP contribution is 2.38. The lowest BCUT2D eigenvalue weighted by atomic mass is 10.1. The first kappa shape index (κ1) is 9.48. The second-order valence-corrected chi connectivity index (χ2v) is 3.86. The topological polar surface area (TPSA) is 26.3 Å². The fourth-order valence-corrected chi connectivity index (χ4v) is 2.18. The number of carbonyl (C=O) groups excluding carboxylic acids is 1. The molecule has 16 heavy (non-hydrogen) atoms. The Morgan fingerprint density at radius 1 is 0.875 bits per heavy atom. The molecule has 0 atom stereocenters. The summed E-state index contributed by atoms with van der Waals surface area (Å²) in [6.07, 6.45) is 0. The molecule has 3 rings (SSSR count). The molecule has 78 valence electrons. The highest BCUT2D eigenvalue weighted by molar-refractivity contribution is 7.75. The molecule has 0 aromatic heterocycles. The predicted molar refractivity (Wildman–Crippen MR) is 64.9 cm³/mol. The molecule has 0 N–H and O–H groups in total. The van der Waals surface area contributed by atoms with Crippen molar-refractivity contribution in [1.29, 1.82) is 0 Å². The van der Waals surface area contributed by atoms with Crippen LogP contribution in [0.4, 0.5) is 0 Å². The van der Waals surface area contributed by atoms with Crippen molar-refractivity contribution in [2.45, 2.75) is 0 Å². The quantitative estimate of drug-likeness (QED) is 0.511. The van der Waals surface area contributed by atoms with E-state index in [1.165, 1.54) is 0 Å². The third-order valence-electron chi connectivity index (χ3n) is 2.80. The minimum Gasteiger partial charge on any atom is -0.429 e. The van der Waals surface area contributed by atoms with Gasteiger partial charge in [0.2, 0.25) is 0 Å². The van der Waals surface area contributed by atoms with Crippen molar-refractivity contribution in [3.05, 3.63) is 53.6 Å². The van der Waals surface area contributed by atoms with Crippen molar-refractivity contribution in [1.82, 2.24) is 0 Å². The number of ketones is 1. The van der Waals surface area contributed by atoms with E-state index in [1.807, 2.05) is 30.3 Å². The van der Waals surface area contributed by atoms with Crippen LogP contribution >= 0.6 is 12.9 Å². The van der Waals surface area contributed by atoms with E-state index in [0.717, 1.165) is 16.7 Å². The van der Waals surface area contributed by atoms with Gasteiger partial charge in [0.15, 0.2) is 5.78 Å². The van der Waals surface area contributed by atoms with Gasteiger partial charge in [-0.15, -0.1) is 0 Å². The number of fused-ring (bicyclic) bond motifs is 3. The van der Waals surface area contributed by atoms with Gasteiger partial charge in [-0.3, -0.25) is 4.79 Å². The molecular weight excluding hydrogens is 220 g/mol. The number of hydrogen-bond donors (Lipinski definition) is 1. The van der Waals surface area contributed by atoms with Crippen molar-refractivity contribution in [2.75, 3.05) is 0 Å². The first-order valence-corrected chi connectivity index (χ1v) is 5.27. The second kappa shape index (κ2) is 3.39. The van der Waals surface area contributed by atoms with Crippen LogP contribution in [0.15, 0.2) is 42.5 Å². The van der Waals surface area contributed by atoms with Gasteiger partial charge in [0.25, 0.3) is 0 Å². The average Bonchev–Trinajstić information content (AvgIpc) is 2.64. The van der Waals surface area contributed by atoms with Crippen molar-refractivity contribution >= 4 is 18.7 Å². The Balaban J connectivity index is 2.29. The normalized spacial score (nSPS) is 12.2. The molecule has 1 aliphatic rings. The van der Waals surface area contributed by atoms with Crippen LogP contribution in [0.2, 0.25) is 0 Å². The molecular formula is C13H8O2S.